The molecular weight excluding hydrogens is 322 g/mol. The predicted molar refractivity (Wildman–Crippen MR) is 97.0 cm³/mol. The number of nitrogens with one attached hydrogen (secondary N) is 1. The maximum absolute atomic E-state index is 12.1. The minimum Gasteiger partial charge on any atom is -0.494 e. The average molecular weight is 341 g/mol. The molecule has 0 aliphatic heterocycles. The minimum atomic E-state index is -0.942. The first-order valence-corrected chi connectivity index (χ1v) is 9.23. The summed E-state index contributed by atoms with van der Waals surface area (Å²) < 4.78 is 17.8. The number of aromatic amines is 1. The Morgan fingerprint density at radius 1 is 0.958 bits per heavy atom. The van der Waals surface area contributed by atoms with Gasteiger partial charge in [-0.05, 0) is 49.2 Å². The normalized spacial score (nSPS) is 12.2. The summed E-state index contributed by atoms with van der Waals surface area (Å²) in [7, 11) is -0.942. The molecule has 0 amide bonds. The fourth-order valence-electron chi connectivity index (χ4n) is 2.44. The Morgan fingerprint density at radius 2 is 1.79 bits per heavy atom. The number of H-pyrrole nitrogens is 1. The van der Waals surface area contributed by atoms with Crippen LogP contribution in [0.5, 0.6) is 5.75 Å². The molecule has 124 valence electrons. The van der Waals surface area contributed by atoms with Crippen LogP contribution in [0.2, 0.25) is 0 Å². The molecule has 3 rings (SSSR count). The van der Waals surface area contributed by atoms with Crippen LogP contribution in [0.1, 0.15) is 12.8 Å². The molecule has 0 spiro atoms. The van der Waals surface area contributed by atoms with Gasteiger partial charge >= 0.3 is 0 Å². The number of hydrogen-bond donors (Lipinski definition) is 1. The van der Waals surface area contributed by atoms with Crippen molar-refractivity contribution in [3.8, 4) is 5.75 Å². The molecule has 0 radical (unpaired) electrons. The Hall–Kier alpha value is -2.40. The van der Waals surface area contributed by atoms with Crippen molar-refractivity contribution < 1.29 is 8.95 Å². The topological polar surface area (TPSA) is 59.2 Å². The lowest BCUT2D eigenvalue weighted by molar-refractivity contribution is 0.310. The molecule has 2 aromatic carbocycles. The molecule has 4 nitrogen and oxygen atoms in total. The van der Waals surface area contributed by atoms with Crippen LogP contribution in [-0.2, 0) is 10.8 Å². The highest BCUT2D eigenvalue weighted by Crippen LogP contribution is 2.18. The largest absolute Gasteiger partial charge is 0.494 e. The summed E-state index contributed by atoms with van der Waals surface area (Å²) in [4.78, 5) is 14.9. The number of benzene rings is 2. The van der Waals surface area contributed by atoms with Gasteiger partial charge in [0.25, 0.3) is 0 Å². The van der Waals surface area contributed by atoms with Crippen molar-refractivity contribution >= 4 is 21.7 Å². The van der Waals surface area contributed by atoms with Gasteiger partial charge in [-0.15, -0.1) is 0 Å². The highest BCUT2D eigenvalue weighted by Gasteiger charge is 2.03. The van der Waals surface area contributed by atoms with Crippen molar-refractivity contribution in [3.63, 3.8) is 0 Å². The summed E-state index contributed by atoms with van der Waals surface area (Å²) in [6.07, 6.45) is 1.70. The molecule has 24 heavy (non-hydrogen) atoms. The SMILES string of the molecule is O=c1ccc2cc(OCCCCS(=O)c3ccccc3)ccc2[nH]1. The van der Waals surface area contributed by atoms with E-state index in [4.69, 9.17) is 4.74 Å². The summed E-state index contributed by atoms with van der Waals surface area (Å²) >= 11 is 0. The molecule has 5 heteroatoms. The predicted octanol–water partition coefficient (Wildman–Crippen LogP) is 3.49. The second kappa shape index (κ2) is 7.93. The van der Waals surface area contributed by atoms with Gasteiger partial charge in [0, 0.05) is 27.6 Å². The standard InChI is InChI=1S/C19H19NO3S/c21-19-11-8-15-14-16(9-10-18(15)20-19)23-12-4-5-13-24(22)17-6-2-1-3-7-17/h1-3,6-11,14H,4-5,12-13H2,(H,20,21). The van der Waals surface area contributed by atoms with E-state index in [9.17, 15) is 9.00 Å². The molecule has 0 saturated carbocycles. The van der Waals surface area contributed by atoms with Gasteiger partial charge in [0.2, 0.25) is 5.56 Å². The molecule has 1 aromatic heterocycles. The van der Waals surface area contributed by atoms with E-state index in [0.29, 0.717) is 12.4 Å². The van der Waals surface area contributed by atoms with Crippen LogP contribution in [0.25, 0.3) is 10.9 Å². The van der Waals surface area contributed by atoms with Gasteiger partial charge in [0.1, 0.15) is 5.75 Å². The van der Waals surface area contributed by atoms with E-state index in [1.54, 1.807) is 6.07 Å². The van der Waals surface area contributed by atoms with E-state index in [1.165, 1.54) is 6.07 Å². The second-order valence-corrected chi connectivity index (χ2v) is 7.06. The summed E-state index contributed by atoms with van der Waals surface area (Å²) in [5.41, 5.74) is 0.690. The molecular formula is C19H19NO3S. The number of aromatic nitrogens is 1. The van der Waals surface area contributed by atoms with Crippen molar-refractivity contribution in [3.05, 3.63) is 71.0 Å². The Bertz CT molecular complexity index is 890. The Balaban J connectivity index is 1.46. The van der Waals surface area contributed by atoms with E-state index in [1.807, 2.05) is 48.5 Å². The molecule has 1 heterocycles. The number of ether oxygens (including phenoxy) is 1. The summed E-state index contributed by atoms with van der Waals surface area (Å²) in [5, 5.41) is 0.942. The van der Waals surface area contributed by atoms with Gasteiger partial charge in [0.15, 0.2) is 0 Å². The fraction of sp³-hybridized carbons (Fsp3) is 0.211. The number of pyridine rings is 1. The molecule has 0 fully saturated rings. The van der Waals surface area contributed by atoms with Crippen LogP contribution >= 0.6 is 0 Å². The van der Waals surface area contributed by atoms with E-state index in [-0.39, 0.29) is 5.56 Å². The van der Waals surface area contributed by atoms with E-state index in [2.05, 4.69) is 4.98 Å². The summed E-state index contributed by atoms with van der Waals surface area (Å²) in [6.45, 7) is 0.584. The summed E-state index contributed by atoms with van der Waals surface area (Å²) in [5.74, 6) is 1.42. The molecule has 1 N–H and O–H groups in total. The van der Waals surface area contributed by atoms with Gasteiger partial charge in [-0.25, -0.2) is 0 Å². The van der Waals surface area contributed by atoms with Gasteiger partial charge < -0.3 is 9.72 Å². The van der Waals surface area contributed by atoms with Crippen molar-refractivity contribution in [2.75, 3.05) is 12.4 Å². The molecule has 1 atom stereocenters. The zero-order chi connectivity index (χ0) is 16.8. The van der Waals surface area contributed by atoms with Gasteiger partial charge in [-0.3, -0.25) is 9.00 Å². The lowest BCUT2D eigenvalue weighted by Gasteiger charge is -2.07. The third-order valence-corrected chi connectivity index (χ3v) is 5.15. The van der Waals surface area contributed by atoms with E-state index >= 15 is 0 Å². The Kier molecular flexibility index (Phi) is 5.43. The highest BCUT2D eigenvalue weighted by molar-refractivity contribution is 7.85. The van der Waals surface area contributed by atoms with Crippen LogP contribution in [0, 0.1) is 0 Å². The number of rotatable bonds is 7. The monoisotopic (exact) mass is 341 g/mol. The van der Waals surface area contributed by atoms with Crippen LogP contribution < -0.4 is 10.3 Å². The van der Waals surface area contributed by atoms with Gasteiger partial charge in [0.05, 0.1) is 17.4 Å². The maximum Gasteiger partial charge on any atom is 0.248 e. The van der Waals surface area contributed by atoms with E-state index < -0.39 is 10.8 Å². The number of unbranched alkanes of at least 4 members (excludes halogenated alkanes) is 1. The molecule has 0 bridgehead atoms. The minimum absolute atomic E-state index is 0.109. The third-order valence-electron chi connectivity index (χ3n) is 3.69. The van der Waals surface area contributed by atoms with Gasteiger partial charge in [-0.1, -0.05) is 18.2 Å². The lowest BCUT2D eigenvalue weighted by Crippen LogP contribution is -2.04. The van der Waals surface area contributed by atoms with Crippen molar-refractivity contribution in [1.82, 2.24) is 4.98 Å². The molecule has 0 aliphatic rings. The molecule has 3 aromatic rings. The maximum atomic E-state index is 12.1. The average Bonchev–Trinajstić information content (AvgIpc) is 2.62. The summed E-state index contributed by atoms with van der Waals surface area (Å²) in [6, 6.07) is 18.4. The smallest absolute Gasteiger partial charge is 0.248 e. The first-order chi connectivity index (χ1) is 11.7. The van der Waals surface area contributed by atoms with Gasteiger partial charge in [-0.2, -0.15) is 0 Å². The van der Waals surface area contributed by atoms with Crippen LogP contribution in [0.3, 0.4) is 0 Å². The zero-order valence-corrected chi connectivity index (χ0v) is 14.1. The zero-order valence-electron chi connectivity index (χ0n) is 13.2. The van der Waals surface area contributed by atoms with Crippen LogP contribution in [0.15, 0.2) is 70.4 Å². The molecule has 0 aliphatic carbocycles. The molecule has 0 saturated heterocycles. The third kappa shape index (κ3) is 4.32. The quantitative estimate of drug-likeness (QED) is 0.669. The van der Waals surface area contributed by atoms with E-state index in [0.717, 1.165) is 34.4 Å². The Morgan fingerprint density at radius 3 is 2.62 bits per heavy atom. The number of hydrogen-bond acceptors (Lipinski definition) is 3. The Labute approximate surface area is 142 Å². The first-order valence-electron chi connectivity index (χ1n) is 7.92. The van der Waals surface area contributed by atoms with Crippen molar-refractivity contribution in [2.24, 2.45) is 0 Å². The van der Waals surface area contributed by atoms with Crippen molar-refractivity contribution in [1.29, 1.82) is 0 Å². The number of fused-ring (bicyclic) bond motifs is 1. The molecule has 1 unspecified atom stereocenters. The van der Waals surface area contributed by atoms with Crippen LogP contribution in [-0.4, -0.2) is 21.6 Å². The fourth-order valence-corrected chi connectivity index (χ4v) is 3.60. The van der Waals surface area contributed by atoms with Crippen LogP contribution in [0.4, 0.5) is 0 Å². The lowest BCUT2D eigenvalue weighted by atomic mass is 10.2. The second-order valence-electron chi connectivity index (χ2n) is 5.49. The first kappa shape index (κ1) is 16.5. The van der Waals surface area contributed by atoms with Crippen molar-refractivity contribution in [2.45, 2.75) is 17.7 Å². The highest BCUT2D eigenvalue weighted by atomic mass is 32.2.